The highest BCUT2D eigenvalue weighted by atomic mass is 16.5. The van der Waals surface area contributed by atoms with Crippen molar-refractivity contribution in [2.24, 2.45) is 0 Å². The topological polar surface area (TPSA) is 63.2 Å². The molecule has 5 heteroatoms. The molecule has 1 aromatic heterocycles. The lowest BCUT2D eigenvalue weighted by Crippen LogP contribution is -2.38. The fourth-order valence-electron chi connectivity index (χ4n) is 1.83. The summed E-state index contributed by atoms with van der Waals surface area (Å²) in [6.45, 7) is 2.81. The summed E-state index contributed by atoms with van der Waals surface area (Å²) in [5.41, 5.74) is 1.01. The normalized spacial score (nSPS) is 11.5. The highest BCUT2D eigenvalue weighted by Crippen LogP contribution is 2.09. The van der Waals surface area contributed by atoms with E-state index in [9.17, 15) is 4.79 Å². The van der Waals surface area contributed by atoms with Crippen LogP contribution in [0, 0.1) is 0 Å². The third-order valence-corrected chi connectivity index (χ3v) is 2.95. The molecule has 0 spiro atoms. The van der Waals surface area contributed by atoms with Crippen LogP contribution in [0.5, 0.6) is 5.75 Å². The number of nitrogens with one attached hydrogen (secondary N) is 2. The molecule has 1 atom stereocenters. The summed E-state index contributed by atoms with van der Waals surface area (Å²) in [5.74, 6) is 0.796. The Morgan fingerprint density at radius 2 is 1.90 bits per heavy atom. The maximum Gasteiger partial charge on any atom is 0.315 e. The molecule has 0 bridgehead atoms. The molecule has 110 valence electrons. The number of amides is 2. The molecule has 0 saturated carbocycles. The van der Waals surface area contributed by atoms with Crippen molar-refractivity contribution in [2.45, 2.75) is 13.0 Å². The molecule has 0 aliphatic rings. The lowest BCUT2D eigenvalue weighted by Gasteiger charge is -2.15. The van der Waals surface area contributed by atoms with Gasteiger partial charge >= 0.3 is 6.03 Å². The van der Waals surface area contributed by atoms with Gasteiger partial charge in [0.25, 0.3) is 0 Å². The summed E-state index contributed by atoms with van der Waals surface area (Å²) in [6.07, 6.45) is 3.41. The van der Waals surface area contributed by atoms with Crippen molar-refractivity contribution in [3.63, 3.8) is 0 Å². The summed E-state index contributed by atoms with van der Waals surface area (Å²) in [6, 6.07) is 13.0. The number of ether oxygens (including phenoxy) is 1. The summed E-state index contributed by atoms with van der Waals surface area (Å²) in [7, 11) is 0. The van der Waals surface area contributed by atoms with E-state index in [1.165, 1.54) is 0 Å². The molecule has 0 aliphatic heterocycles. The molecule has 2 amide bonds. The van der Waals surface area contributed by atoms with Crippen molar-refractivity contribution in [1.29, 1.82) is 0 Å². The highest BCUT2D eigenvalue weighted by Gasteiger charge is 2.08. The van der Waals surface area contributed by atoms with Crippen LogP contribution in [0.15, 0.2) is 54.9 Å². The second kappa shape index (κ2) is 7.89. The number of carbonyl (C=O) groups is 1. The molecular weight excluding hydrogens is 266 g/mol. The van der Waals surface area contributed by atoms with Crippen molar-refractivity contribution in [3.05, 3.63) is 60.4 Å². The van der Waals surface area contributed by atoms with E-state index in [2.05, 4.69) is 15.6 Å². The van der Waals surface area contributed by atoms with Gasteiger partial charge in [-0.2, -0.15) is 0 Å². The minimum absolute atomic E-state index is 0.0666. The van der Waals surface area contributed by atoms with E-state index in [0.29, 0.717) is 13.2 Å². The lowest BCUT2D eigenvalue weighted by atomic mass is 10.1. The third-order valence-electron chi connectivity index (χ3n) is 2.95. The Labute approximate surface area is 124 Å². The standard InChI is InChI=1S/C16H19N3O2/c1-13(14-7-9-17-10-8-14)19-16(20)18-11-12-21-15-5-3-2-4-6-15/h2-10,13H,11-12H2,1H3,(H2,18,19,20). The molecule has 0 radical (unpaired) electrons. The van der Waals surface area contributed by atoms with E-state index in [1.807, 2.05) is 49.4 Å². The predicted octanol–water partition coefficient (Wildman–Crippen LogP) is 2.52. The first kappa shape index (κ1) is 14.8. The van der Waals surface area contributed by atoms with Gasteiger partial charge in [-0.1, -0.05) is 18.2 Å². The van der Waals surface area contributed by atoms with Gasteiger partial charge in [-0.05, 0) is 36.8 Å². The lowest BCUT2D eigenvalue weighted by molar-refractivity contribution is 0.233. The second-order valence-corrected chi connectivity index (χ2v) is 4.56. The first-order valence-corrected chi connectivity index (χ1v) is 6.88. The number of hydrogen-bond donors (Lipinski definition) is 2. The number of rotatable bonds is 6. The van der Waals surface area contributed by atoms with Crippen LogP contribution in [0.2, 0.25) is 0 Å². The van der Waals surface area contributed by atoms with Crippen LogP contribution in [0.1, 0.15) is 18.5 Å². The predicted molar refractivity (Wildman–Crippen MR) is 81.1 cm³/mol. The third kappa shape index (κ3) is 5.14. The van der Waals surface area contributed by atoms with Crippen molar-refractivity contribution in [1.82, 2.24) is 15.6 Å². The fourth-order valence-corrected chi connectivity index (χ4v) is 1.83. The minimum atomic E-state index is -0.212. The Morgan fingerprint density at radius 1 is 1.19 bits per heavy atom. The van der Waals surface area contributed by atoms with Gasteiger partial charge in [0.15, 0.2) is 0 Å². The number of pyridine rings is 1. The Bertz CT molecular complexity index is 546. The molecule has 1 aromatic carbocycles. The minimum Gasteiger partial charge on any atom is -0.492 e. The molecule has 1 unspecified atom stereocenters. The number of urea groups is 1. The molecule has 5 nitrogen and oxygen atoms in total. The highest BCUT2D eigenvalue weighted by molar-refractivity contribution is 5.74. The number of aromatic nitrogens is 1. The molecular formula is C16H19N3O2. The number of carbonyl (C=O) groups excluding carboxylic acids is 1. The number of para-hydroxylation sites is 1. The SMILES string of the molecule is CC(NC(=O)NCCOc1ccccc1)c1ccncc1. The Balaban J connectivity index is 1.66. The number of benzene rings is 1. The second-order valence-electron chi connectivity index (χ2n) is 4.56. The van der Waals surface area contributed by atoms with Gasteiger partial charge in [0.2, 0.25) is 0 Å². The van der Waals surface area contributed by atoms with Crippen molar-refractivity contribution < 1.29 is 9.53 Å². The van der Waals surface area contributed by atoms with Crippen LogP contribution in [-0.4, -0.2) is 24.2 Å². The van der Waals surface area contributed by atoms with Crippen LogP contribution in [0.25, 0.3) is 0 Å². The Hall–Kier alpha value is -2.56. The molecule has 2 aromatic rings. The van der Waals surface area contributed by atoms with Crippen LogP contribution in [0.4, 0.5) is 4.79 Å². The summed E-state index contributed by atoms with van der Waals surface area (Å²) < 4.78 is 5.50. The summed E-state index contributed by atoms with van der Waals surface area (Å²) >= 11 is 0. The van der Waals surface area contributed by atoms with E-state index in [4.69, 9.17) is 4.74 Å². The molecule has 2 N–H and O–H groups in total. The molecule has 0 fully saturated rings. The first-order chi connectivity index (χ1) is 10.3. The summed E-state index contributed by atoms with van der Waals surface area (Å²) in [4.78, 5) is 15.7. The zero-order valence-corrected chi connectivity index (χ0v) is 12.0. The van der Waals surface area contributed by atoms with Crippen LogP contribution >= 0.6 is 0 Å². The molecule has 21 heavy (non-hydrogen) atoms. The number of nitrogens with zero attached hydrogens (tertiary/aromatic N) is 1. The van der Waals surface area contributed by atoms with Gasteiger partial charge in [0.1, 0.15) is 12.4 Å². The quantitative estimate of drug-likeness (QED) is 0.802. The van der Waals surface area contributed by atoms with Crippen LogP contribution in [-0.2, 0) is 0 Å². The van der Waals surface area contributed by atoms with E-state index in [0.717, 1.165) is 11.3 Å². The van der Waals surface area contributed by atoms with E-state index >= 15 is 0 Å². The molecule has 0 saturated heterocycles. The average molecular weight is 285 g/mol. The van der Waals surface area contributed by atoms with Crippen molar-refractivity contribution in [2.75, 3.05) is 13.2 Å². The van der Waals surface area contributed by atoms with Gasteiger partial charge < -0.3 is 15.4 Å². The van der Waals surface area contributed by atoms with Crippen LogP contribution in [0.3, 0.4) is 0 Å². The van der Waals surface area contributed by atoms with E-state index in [-0.39, 0.29) is 12.1 Å². The first-order valence-electron chi connectivity index (χ1n) is 6.88. The fraction of sp³-hybridized carbons (Fsp3) is 0.250. The molecule has 0 aliphatic carbocycles. The van der Waals surface area contributed by atoms with E-state index in [1.54, 1.807) is 12.4 Å². The maximum atomic E-state index is 11.7. The molecule has 2 rings (SSSR count). The zero-order valence-electron chi connectivity index (χ0n) is 12.0. The van der Waals surface area contributed by atoms with Crippen molar-refractivity contribution >= 4 is 6.03 Å². The Morgan fingerprint density at radius 3 is 2.62 bits per heavy atom. The van der Waals surface area contributed by atoms with Crippen LogP contribution < -0.4 is 15.4 Å². The van der Waals surface area contributed by atoms with Gasteiger partial charge in [-0.25, -0.2) is 4.79 Å². The Kier molecular flexibility index (Phi) is 5.58. The number of hydrogen-bond acceptors (Lipinski definition) is 3. The average Bonchev–Trinajstić information content (AvgIpc) is 2.53. The van der Waals surface area contributed by atoms with Crippen molar-refractivity contribution in [3.8, 4) is 5.75 Å². The molecule has 1 heterocycles. The smallest absolute Gasteiger partial charge is 0.315 e. The van der Waals surface area contributed by atoms with Gasteiger partial charge in [-0.3, -0.25) is 4.98 Å². The van der Waals surface area contributed by atoms with E-state index < -0.39 is 0 Å². The summed E-state index contributed by atoms with van der Waals surface area (Å²) in [5, 5.41) is 5.62. The van der Waals surface area contributed by atoms with Gasteiger partial charge in [0, 0.05) is 12.4 Å². The van der Waals surface area contributed by atoms with Gasteiger partial charge in [0.05, 0.1) is 12.6 Å². The maximum absolute atomic E-state index is 11.7. The zero-order chi connectivity index (χ0) is 14.9. The monoisotopic (exact) mass is 285 g/mol. The largest absolute Gasteiger partial charge is 0.492 e. The van der Waals surface area contributed by atoms with Gasteiger partial charge in [-0.15, -0.1) is 0 Å².